The molecule has 1 saturated carbocycles. The van der Waals surface area contributed by atoms with Crippen LogP contribution in [0.2, 0.25) is 0 Å². The molecular formula is C16H26N2. The van der Waals surface area contributed by atoms with Crippen LogP contribution in [0.5, 0.6) is 0 Å². The monoisotopic (exact) mass is 246 g/mol. The van der Waals surface area contributed by atoms with Crippen LogP contribution >= 0.6 is 0 Å². The van der Waals surface area contributed by atoms with E-state index in [1.54, 1.807) is 5.56 Å². The van der Waals surface area contributed by atoms with E-state index in [-0.39, 0.29) is 0 Å². The van der Waals surface area contributed by atoms with Gasteiger partial charge in [0.25, 0.3) is 0 Å². The molecule has 0 unspecified atom stereocenters. The molecule has 1 fully saturated rings. The smallest absolute Gasteiger partial charge is 0.0478 e. The van der Waals surface area contributed by atoms with E-state index < -0.39 is 0 Å². The van der Waals surface area contributed by atoms with Crippen molar-refractivity contribution in [2.24, 2.45) is 0 Å². The van der Waals surface area contributed by atoms with Crippen molar-refractivity contribution in [2.75, 3.05) is 20.8 Å². The summed E-state index contributed by atoms with van der Waals surface area (Å²) in [5.74, 6) is 0.822. The van der Waals surface area contributed by atoms with Gasteiger partial charge in [0.1, 0.15) is 0 Å². The van der Waals surface area contributed by atoms with Crippen LogP contribution in [0.3, 0.4) is 0 Å². The van der Waals surface area contributed by atoms with Gasteiger partial charge in [-0.3, -0.25) is 4.90 Å². The minimum atomic E-state index is 0.822. The highest BCUT2D eigenvalue weighted by Gasteiger charge is 2.15. The minimum Gasteiger partial charge on any atom is -0.307 e. The average molecular weight is 246 g/mol. The second-order valence-electron chi connectivity index (χ2n) is 5.60. The van der Waals surface area contributed by atoms with E-state index in [1.165, 1.54) is 37.7 Å². The van der Waals surface area contributed by atoms with E-state index in [2.05, 4.69) is 41.5 Å². The molecule has 1 aromatic carbocycles. The summed E-state index contributed by atoms with van der Waals surface area (Å²) >= 11 is 0. The first kappa shape index (κ1) is 13.6. The predicted octanol–water partition coefficient (Wildman–Crippen LogP) is 3.34. The van der Waals surface area contributed by atoms with E-state index in [0.29, 0.717) is 0 Å². The van der Waals surface area contributed by atoms with Gasteiger partial charge in [0, 0.05) is 13.2 Å². The second-order valence-corrected chi connectivity index (χ2v) is 5.60. The zero-order valence-electron chi connectivity index (χ0n) is 11.8. The Morgan fingerprint density at radius 2 is 1.78 bits per heavy atom. The van der Waals surface area contributed by atoms with E-state index in [1.807, 2.05) is 7.05 Å². The molecule has 0 radical (unpaired) electrons. The molecular weight excluding hydrogens is 220 g/mol. The molecule has 1 aliphatic rings. The zero-order chi connectivity index (χ0) is 12.8. The van der Waals surface area contributed by atoms with Crippen LogP contribution < -0.4 is 5.32 Å². The minimum absolute atomic E-state index is 0.822. The molecule has 1 aliphatic carbocycles. The molecule has 0 bridgehead atoms. The van der Waals surface area contributed by atoms with Crippen molar-refractivity contribution in [3.05, 3.63) is 35.4 Å². The third-order valence-corrected chi connectivity index (χ3v) is 3.94. The van der Waals surface area contributed by atoms with Crippen molar-refractivity contribution >= 4 is 0 Å². The molecule has 0 atom stereocenters. The average Bonchev–Trinajstić information content (AvgIpc) is 2.41. The first-order valence-corrected chi connectivity index (χ1v) is 7.21. The van der Waals surface area contributed by atoms with Crippen molar-refractivity contribution in [1.29, 1.82) is 0 Å². The number of hydrogen-bond acceptors (Lipinski definition) is 2. The number of nitrogens with zero attached hydrogens (tertiary/aromatic N) is 1. The van der Waals surface area contributed by atoms with Crippen LogP contribution in [0.4, 0.5) is 0 Å². The number of benzene rings is 1. The summed E-state index contributed by atoms with van der Waals surface area (Å²) in [4.78, 5) is 2.29. The Kier molecular flexibility index (Phi) is 5.21. The third kappa shape index (κ3) is 3.82. The van der Waals surface area contributed by atoms with Crippen molar-refractivity contribution in [3.63, 3.8) is 0 Å². The Morgan fingerprint density at radius 3 is 2.39 bits per heavy atom. The van der Waals surface area contributed by atoms with Crippen molar-refractivity contribution in [2.45, 2.75) is 44.6 Å². The van der Waals surface area contributed by atoms with E-state index >= 15 is 0 Å². The fourth-order valence-corrected chi connectivity index (χ4v) is 2.97. The summed E-state index contributed by atoms with van der Waals surface area (Å²) in [5.41, 5.74) is 2.96. The molecule has 0 amide bonds. The molecule has 0 spiro atoms. The highest BCUT2D eigenvalue weighted by atomic mass is 15.2. The molecule has 100 valence electrons. The normalized spacial score (nSPS) is 17.3. The highest BCUT2D eigenvalue weighted by Crippen LogP contribution is 2.32. The van der Waals surface area contributed by atoms with E-state index in [0.717, 1.165) is 19.1 Å². The van der Waals surface area contributed by atoms with Crippen molar-refractivity contribution in [1.82, 2.24) is 10.2 Å². The Hall–Kier alpha value is -0.860. The Morgan fingerprint density at radius 1 is 1.11 bits per heavy atom. The van der Waals surface area contributed by atoms with Gasteiger partial charge in [0.2, 0.25) is 0 Å². The van der Waals surface area contributed by atoms with Crippen LogP contribution in [0.25, 0.3) is 0 Å². The van der Waals surface area contributed by atoms with Gasteiger partial charge in [-0.05, 0) is 44.0 Å². The van der Waals surface area contributed by atoms with Crippen molar-refractivity contribution < 1.29 is 0 Å². The van der Waals surface area contributed by atoms with Gasteiger partial charge in [0.15, 0.2) is 0 Å². The van der Waals surface area contributed by atoms with Crippen LogP contribution in [0.15, 0.2) is 24.3 Å². The second kappa shape index (κ2) is 6.91. The van der Waals surface area contributed by atoms with Gasteiger partial charge in [-0.2, -0.15) is 0 Å². The lowest BCUT2D eigenvalue weighted by Crippen LogP contribution is -2.27. The molecule has 0 aliphatic heterocycles. The largest absolute Gasteiger partial charge is 0.307 e. The molecule has 1 N–H and O–H groups in total. The van der Waals surface area contributed by atoms with Crippen molar-refractivity contribution in [3.8, 4) is 0 Å². The number of nitrogens with one attached hydrogen (secondary N) is 1. The van der Waals surface area contributed by atoms with Crippen LogP contribution in [-0.4, -0.2) is 25.7 Å². The van der Waals surface area contributed by atoms with Gasteiger partial charge >= 0.3 is 0 Å². The Bertz CT molecular complexity index is 339. The molecule has 0 heterocycles. The number of rotatable bonds is 5. The lowest BCUT2D eigenvalue weighted by molar-refractivity contribution is 0.310. The first-order valence-electron chi connectivity index (χ1n) is 7.21. The maximum absolute atomic E-state index is 3.18. The van der Waals surface area contributed by atoms with E-state index in [4.69, 9.17) is 0 Å². The molecule has 0 saturated heterocycles. The fraction of sp³-hybridized carbons (Fsp3) is 0.625. The van der Waals surface area contributed by atoms with Gasteiger partial charge in [-0.1, -0.05) is 43.5 Å². The summed E-state index contributed by atoms with van der Waals surface area (Å²) in [6.45, 7) is 1.95. The van der Waals surface area contributed by atoms with Crippen LogP contribution in [-0.2, 0) is 6.54 Å². The number of hydrogen-bond donors (Lipinski definition) is 1. The van der Waals surface area contributed by atoms with Crippen LogP contribution in [0.1, 0.15) is 49.1 Å². The molecule has 0 aromatic heterocycles. The standard InChI is InChI=1S/C16H26N2/c1-17-13-18(2)12-14-8-10-16(11-9-14)15-6-4-3-5-7-15/h8-11,15,17H,3-7,12-13H2,1-2H3. The van der Waals surface area contributed by atoms with Gasteiger partial charge in [-0.25, -0.2) is 0 Å². The zero-order valence-corrected chi connectivity index (χ0v) is 11.8. The maximum atomic E-state index is 3.18. The molecule has 2 rings (SSSR count). The van der Waals surface area contributed by atoms with Gasteiger partial charge < -0.3 is 5.32 Å². The van der Waals surface area contributed by atoms with E-state index in [9.17, 15) is 0 Å². The lowest BCUT2D eigenvalue weighted by atomic mass is 9.84. The fourth-order valence-electron chi connectivity index (χ4n) is 2.97. The van der Waals surface area contributed by atoms with Gasteiger partial charge in [-0.15, -0.1) is 0 Å². The first-order chi connectivity index (χ1) is 8.79. The molecule has 2 nitrogen and oxygen atoms in total. The Balaban J connectivity index is 1.92. The summed E-state index contributed by atoms with van der Waals surface area (Å²) in [7, 11) is 4.13. The molecule has 2 heteroatoms. The maximum Gasteiger partial charge on any atom is 0.0478 e. The topological polar surface area (TPSA) is 15.3 Å². The third-order valence-electron chi connectivity index (χ3n) is 3.94. The summed E-state index contributed by atoms with van der Waals surface area (Å²) in [6, 6.07) is 9.29. The summed E-state index contributed by atoms with van der Waals surface area (Å²) in [6.07, 6.45) is 7.04. The molecule has 18 heavy (non-hydrogen) atoms. The van der Waals surface area contributed by atoms with Crippen LogP contribution in [0, 0.1) is 0 Å². The Labute approximate surface area is 111 Å². The van der Waals surface area contributed by atoms with Gasteiger partial charge in [0.05, 0.1) is 0 Å². The molecule has 1 aromatic rings. The summed E-state index contributed by atoms with van der Waals surface area (Å²) < 4.78 is 0. The SMILES string of the molecule is CNCN(C)Cc1ccc(C2CCCCC2)cc1. The predicted molar refractivity (Wildman–Crippen MR) is 77.7 cm³/mol. The highest BCUT2D eigenvalue weighted by molar-refractivity contribution is 5.25. The summed E-state index contributed by atoms with van der Waals surface area (Å²) in [5, 5.41) is 3.18. The lowest BCUT2D eigenvalue weighted by Gasteiger charge is -2.22. The quantitative estimate of drug-likeness (QED) is 0.802.